The van der Waals surface area contributed by atoms with Crippen LogP contribution in [0, 0.1) is 5.92 Å². The zero-order chi connectivity index (χ0) is 18.3. The Bertz CT molecular complexity index is 646. The number of ether oxygens (including phenoxy) is 2. The van der Waals surface area contributed by atoms with Crippen molar-refractivity contribution in [1.29, 1.82) is 0 Å². The lowest BCUT2D eigenvalue weighted by Crippen LogP contribution is -2.31. The molecule has 0 aliphatic heterocycles. The highest BCUT2D eigenvalue weighted by molar-refractivity contribution is 5.82. The van der Waals surface area contributed by atoms with E-state index in [0.717, 1.165) is 24.3 Å². The molecule has 1 aromatic heterocycles. The van der Waals surface area contributed by atoms with Gasteiger partial charge in [-0.15, -0.1) is 0 Å². The summed E-state index contributed by atoms with van der Waals surface area (Å²) in [7, 11) is 0. The predicted octanol–water partition coefficient (Wildman–Crippen LogP) is 3.83. The second-order valence-electron chi connectivity index (χ2n) is 7.11. The van der Waals surface area contributed by atoms with E-state index in [1.54, 1.807) is 6.20 Å². The molecule has 0 aliphatic carbocycles. The SMILES string of the molecule is CC(C)COc1ccc(C(C)(C)C(=O)OCCCn2cccn2)cc1. The number of hydrogen-bond acceptors (Lipinski definition) is 4. The van der Waals surface area contributed by atoms with Crippen molar-refractivity contribution < 1.29 is 14.3 Å². The van der Waals surface area contributed by atoms with Gasteiger partial charge in [0.05, 0.1) is 18.6 Å². The van der Waals surface area contributed by atoms with E-state index >= 15 is 0 Å². The average molecular weight is 344 g/mol. The number of benzene rings is 1. The Morgan fingerprint density at radius 3 is 2.56 bits per heavy atom. The summed E-state index contributed by atoms with van der Waals surface area (Å²) in [5.41, 5.74) is 0.226. The van der Waals surface area contributed by atoms with Crippen LogP contribution in [-0.4, -0.2) is 29.0 Å². The molecule has 25 heavy (non-hydrogen) atoms. The molecule has 0 N–H and O–H groups in total. The summed E-state index contributed by atoms with van der Waals surface area (Å²) in [6, 6.07) is 9.56. The molecule has 1 aromatic carbocycles. The summed E-state index contributed by atoms with van der Waals surface area (Å²) < 4.78 is 13.0. The fourth-order valence-corrected chi connectivity index (χ4v) is 2.35. The van der Waals surface area contributed by atoms with Gasteiger partial charge in [-0.25, -0.2) is 0 Å². The Morgan fingerprint density at radius 2 is 1.96 bits per heavy atom. The number of carbonyl (C=O) groups excluding carboxylic acids is 1. The summed E-state index contributed by atoms with van der Waals surface area (Å²) in [6.45, 7) is 9.79. The van der Waals surface area contributed by atoms with Crippen LogP contribution in [0.25, 0.3) is 0 Å². The summed E-state index contributed by atoms with van der Waals surface area (Å²) in [6.07, 6.45) is 4.38. The van der Waals surface area contributed by atoms with Gasteiger partial charge >= 0.3 is 5.97 Å². The van der Waals surface area contributed by atoms with Gasteiger partial charge in [0.2, 0.25) is 0 Å². The summed E-state index contributed by atoms with van der Waals surface area (Å²) in [5.74, 6) is 1.08. The van der Waals surface area contributed by atoms with Crippen LogP contribution in [-0.2, 0) is 21.5 Å². The minimum absolute atomic E-state index is 0.219. The highest BCUT2D eigenvalue weighted by atomic mass is 16.5. The van der Waals surface area contributed by atoms with Crippen LogP contribution in [0.15, 0.2) is 42.7 Å². The third-order valence-corrected chi connectivity index (χ3v) is 3.99. The van der Waals surface area contributed by atoms with E-state index < -0.39 is 5.41 Å². The zero-order valence-corrected chi connectivity index (χ0v) is 15.6. The van der Waals surface area contributed by atoms with Crippen molar-refractivity contribution in [2.45, 2.75) is 46.1 Å². The van der Waals surface area contributed by atoms with E-state index in [-0.39, 0.29) is 5.97 Å². The fourth-order valence-electron chi connectivity index (χ4n) is 2.35. The Balaban J connectivity index is 1.84. The fraction of sp³-hybridized carbons (Fsp3) is 0.500. The number of nitrogens with zero attached hydrogens (tertiary/aromatic N) is 2. The van der Waals surface area contributed by atoms with Gasteiger partial charge in [-0.05, 0) is 43.5 Å². The lowest BCUT2D eigenvalue weighted by atomic mass is 9.85. The third-order valence-electron chi connectivity index (χ3n) is 3.99. The van der Waals surface area contributed by atoms with Crippen LogP contribution in [0.1, 0.15) is 39.7 Å². The van der Waals surface area contributed by atoms with Crippen molar-refractivity contribution in [1.82, 2.24) is 9.78 Å². The first-order valence-electron chi connectivity index (χ1n) is 8.77. The van der Waals surface area contributed by atoms with Gasteiger partial charge in [0.25, 0.3) is 0 Å². The Morgan fingerprint density at radius 1 is 1.24 bits per heavy atom. The van der Waals surface area contributed by atoms with Gasteiger partial charge in [0.15, 0.2) is 0 Å². The van der Waals surface area contributed by atoms with E-state index in [0.29, 0.717) is 19.1 Å². The molecule has 1 heterocycles. The Hall–Kier alpha value is -2.30. The van der Waals surface area contributed by atoms with Crippen LogP contribution in [0.4, 0.5) is 0 Å². The molecule has 2 rings (SSSR count). The molecule has 136 valence electrons. The van der Waals surface area contributed by atoms with Crippen LogP contribution in [0.5, 0.6) is 5.75 Å². The maximum absolute atomic E-state index is 12.5. The number of esters is 1. The second kappa shape index (κ2) is 8.70. The van der Waals surface area contributed by atoms with Crippen molar-refractivity contribution in [3.05, 3.63) is 48.3 Å². The van der Waals surface area contributed by atoms with E-state index in [2.05, 4.69) is 18.9 Å². The number of aromatic nitrogens is 2. The maximum Gasteiger partial charge on any atom is 0.315 e. The number of hydrogen-bond donors (Lipinski definition) is 0. The van der Waals surface area contributed by atoms with Gasteiger partial charge in [0, 0.05) is 25.4 Å². The molecule has 2 aromatic rings. The van der Waals surface area contributed by atoms with E-state index in [1.165, 1.54) is 0 Å². The van der Waals surface area contributed by atoms with Crippen molar-refractivity contribution in [3.63, 3.8) is 0 Å². The maximum atomic E-state index is 12.5. The largest absolute Gasteiger partial charge is 0.493 e. The summed E-state index contributed by atoms with van der Waals surface area (Å²) in [4.78, 5) is 12.5. The van der Waals surface area contributed by atoms with Crippen LogP contribution in [0.2, 0.25) is 0 Å². The highest BCUT2D eigenvalue weighted by Gasteiger charge is 2.31. The Kier molecular flexibility index (Phi) is 6.62. The minimum atomic E-state index is -0.692. The molecule has 0 amide bonds. The molecule has 5 heteroatoms. The number of carbonyl (C=O) groups is 1. The molecule has 0 atom stereocenters. The standard InChI is InChI=1S/C20H28N2O3/c1-16(2)15-25-18-9-7-17(8-10-18)20(3,4)19(23)24-14-6-13-22-12-5-11-21-22/h5,7-12,16H,6,13-15H2,1-4H3. The lowest BCUT2D eigenvalue weighted by Gasteiger charge is -2.23. The minimum Gasteiger partial charge on any atom is -0.493 e. The Labute approximate surface area is 149 Å². The third kappa shape index (κ3) is 5.62. The van der Waals surface area contributed by atoms with E-state index in [1.807, 2.05) is 55.1 Å². The first-order chi connectivity index (χ1) is 11.9. The quantitative estimate of drug-likeness (QED) is 0.512. The van der Waals surface area contributed by atoms with Crippen LogP contribution in [0.3, 0.4) is 0 Å². The van der Waals surface area contributed by atoms with E-state index in [4.69, 9.17) is 9.47 Å². The molecule has 0 fully saturated rings. The van der Waals surface area contributed by atoms with Crippen molar-refractivity contribution in [2.75, 3.05) is 13.2 Å². The first kappa shape index (κ1) is 19.0. The summed E-state index contributed by atoms with van der Waals surface area (Å²) >= 11 is 0. The molecule has 5 nitrogen and oxygen atoms in total. The van der Waals surface area contributed by atoms with Gasteiger partial charge in [-0.1, -0.05) is 26.0 Å². The average Bonchev–Trinajstić information content (AvgIpc) is 3.10. The molecule has 0 radical (unpaired) electrons. The lowest BCUT2D eigenvalue weighted by molar-refractivity contribution is -0.149. The molecule has 0 aliphatic rings. The van der Waals surface area contributed by atoms with Crippen LogP contribution < -0.4 is 4.74 Å². The molecule has 0 unspecified atom stereocenters. The molecule has 0 spiro atoms. The second-order valence-corrected chi connectivity index (χ2v) is 7.11. The van der Waals surface area contributed by atoms with E-state index in [9.17, 15) is 4.79 Å². The monoisotopic (exact) mass is 344 g/mol. The van der Waals surface area contributed by atoms with Gasteiger partial charge < -0.3 is 9.47 Å². The van der Waals surface area contributed by atoms with Crippen molar-refractivity contribution >= 4 is 5.97 Å². The number of aryl methyl sites for hydroxylation is 1. The molecule has 0 bridgehead atoms. The number of rotatable bonds is 9. The molecule has 0 saturated carbocycles. The van der Waals surface area contributed by atoms with Gasteiger partial charge in [-0.3, -0.25) is 9.48 Å². The topological polar surface area (TPSA) is 53.4 Å². The van der Waals surface area contributed by atoms with Crippen molar-refractivity contribution in [3.8, 4) is 5.75 Å². The van der Waals surface area contributed by atoms with Crippen molar-refractivity contribution in [2.24, 2.45) is 5.92 Å². The molecule has 0 saturated heterocycles. The van der Waals surface area contributed by atoms with Crippen LogP contribution >= 0.6 is 0 Å². The predicted molar refractivity (Wildman–Crippen MR) is 97.6 cm³/mol. The normalized spacial score (nSPS) is 11.6. The molecular formula is C20H28N2O3. The molecular weight excluding hydrogens is 316 g/mol. The summed E-state index contributed by atoms with van der Waals surface area (Å²) in [5, 5.41) is 4.13. The van der Waals surface area contributed by atoms with Gasteiger partial charge in [0.1, 0.15) is 5.75 Å². The highest BCUT2D eigenvalue weighted by Crippen LogP contribution is 2.27. The smallest absolute Gasteiger partial charge is 0.315 e. The van der Waals surface area contributed by atoms with Gasteiger partial charge in [-0.2, -0.15) is 5.10 Å². The zero-order valence-electron chi connectivity index (χ0n) is 15.6. The first-order valence-corrected chi connectivity index (χ1v) is 8.77.